The van der Waals surface area contributed by atoms with E-state index in [9.17, 15) is 4.79 Å². The fourth-order valence-electron chi connectivity index (χ4n) is 2.89. The molecule has 1 saturated heterocycles. The van der Waals surface area contributed by atoms with Crippen molar-refractivity contribution in [3.8, 4) is 0 Å². The van der Waals surface area contributed by atoms with Gasteiger partial charge in [-0.15, -0.1) is 11.3 Å². The highest BCUT2D eigenvalue weighted by Gasteiger charge is 2.33. The first-order valence-electron chi connectivity index (χ1n) is 7.90. The number of amides is 1. The van der Waals surface area contributed by atoms with Gasteiger partial charge in [0.05, 0.1) is 19.7 Å². The Bertz CT molecular complexity index is 512. The van der Waals surface area contributed by atoms with Crippen LogP contribution < -0.4 is 0 Å². The van der Waals surface area contributed by atoms with Crippen LogP contribution in [0.1, 0.15) is 24.1 Å². The summed E-state index contributed by atoms with van der Waals surface area (Å²) in [7, 11) is 1.90. The van der Waals surface area contributed by atoms with Gasteiger partial charge in [0, 0.05) is 41.0 Å². The molecule has 0 radical (unpaired) electrons. The predicted molar refractivity (Wildman–Crippen MR) is 92.0 cm³/mol. The van der Waals surface area contributed by atoms with E-state index in [1.165, 1.54) is 17.7 Å². The van der Waals surface area contributed by atoms with E-state index in [0.29, 0.717) is 25.0 Å². The van der Waals surface area contributed by atoms with Crippen LogP contribution in [0.15, 0.2) is 15.9 Å². The lowest BCUT2D eigenvalue weighted by Gasteiger charge is -2.26. The van der Waals surface area contributed by atoms with E-state index < -0.39 is 0 Å². The molecule has 1 aromatic rings. The molecule has 3 rings (SSSR count). The number of ether oxygens (including phenoxy) is 1. The number of carbonyl (C=O) groups excluding carboxylic acids is 1. The molecular formula is C16H23BrN2O2S. The minimum Gasteiger partial charge on any atom is -0.381 e. The minimum atomic E-state index is 0.218. The second-order valence-electron chi connectivity index (χ2n) is 6.37. The quantitative estimate of drug-likeness (QED) is 0.721. The molecule has 0 aromatic carbocycles. The molecule has 1 atom stereocenters. The molecule has 4 nitrogen and oxygen atoms in total. The van der Waals surface area contributed by atoms with Crippen molar-refractivity contribution in [1.29, 1.82) is 0 Å². The van der Waals surface area contributed by atoms with E-state index >= 15 is 0 Å². The van der Waals surface area contributed by atoms with Crippen LogP contribution in [0.3, 0.4) is 0 Å². The maximum absolute atomic E-state index is 12.5. The van der Waals surface area contributed by atoms with Gasteiger partial charge in [0.25, 0.3) is 0 Å². The minimum absolute atomic E-state index is 0.218. The van der Waals surface area contributed by atoms with Crippen LogP contribution in [-0.2, 0) is 16.1 Å². The molecule has 0 N–H and O–H groups in total. The van der Waals surface area contributed by atoms with Gasteiger partial charge < -0.3 is 9.64 Å². The molecule has 1 aliphatic carbocycles. The molecule has 122 valence electrons. The number of hydrogen-bond acceptors (Lipinski definition) is 4. The van der Waals surface area contributed by atoms with Crippen LogP contribution in [0.2, 0.25) is 0 Å². The Kier molecular flexibility index (Phi) is 5.55. The van der Waals surface area contributed by atoms with Gasteiger partial charge in [-0.1, -0.05) is 0 Å². The highest BCUT2D eigenvalue weighted by molar-refractivity contribution is 9.10. The van der Waals surface area contributed by atoms with Crippen molar-refractivity contribution in [3.63, 3.8) is 0 Å². The van der Waals surface area contributed by atoms with Crippen molar-refractivity contribution in [3.05, 3.63) is 20.8 Å². The molecule has 1 saturated carbocycles. The zero-order valence-electron chi connectivity index (χ0n) is 13.0. The monoisotopic (exact) mass is 386 g/mol. The first-order chi connectivity index (χ1) is 10.6. The van der Waals surface area contributed by atoms with Crippen LogP contribution in [0.4, 0.5) is 0 Å². The van der Waals surface area contributed by atoms with Crippen molar-refractivity contribution in [2.24, 2.45) is 5.92 Å². The maximum Gasteiger partial charge on any atom is 0.236 e. The summed E-state index contributed by atoms with van der Waals surface area (Å²) in [6.07, 6.45) is 3.61. The molecule has 1 amide bonds. The lowest BCUT2D eigenvalue weighted by Crippen LogP contribution is -2.41. The molecule has 0 spiro atoms. The Labute approximate surface area is 144 Å². The van der Waals surface area contributed by atoms with E-state index in [4.69, 9.17) is 4.74 Å². The van der Waals surface area contributed by atoms with Gasteiger partial charge in [-0.3, -0.25) is 9.69 Å². The maximum atomic E-state index is 12.5. The molecule has 2 fully saturated rings. The summed E-state index contributed by atoms with van der Waals surface area (Å²) < 4.78 is 6.56. The standard InChI is InChI=1S/C16H23BrN2O2S/c1-18(8-15-6-13(17)11-22-15)16(20)9-19(14-2-3-14)7-12-4-5-21-10-12/h6,11-12,14H,2-5,7-10H2,1H3. The summed E-state index contributed by atoms with van der Waals surface area (Å²) in [6, 6.07) is 2.71. The van der Waals surface area contributed by atoms with Crippen molar-refractivity contribution in [2.75, 3.05) is 33.4 Å². The second kappa shape index (κ2) is 7.43. The second-order valence-corrected chi connectivity index (χ2v) is 8.28. The Morgan fingerprint density at radius 2 is 2.27 bits per heavy atom. The fourth-order valence-corrected chi connectivity index (χ4v) is 4.40. The molecule has 1 unspecified atom stereocenters. The van der Waals surface area contributed by atoms with Gasteiger partial charge in [0.15, 0.2) is 0 Å². The molecule has 2 heterocycles. The van der Waals surface area contributed by atoms with Gasteiger partial charge in [0.1, 0.15) is 0 Å². The number of hydrogen-bond donors (Lipinski definition) is 0. The number of halogens is 1. The van der Waals surface area contributed by atoms with E-state index in [1.807, 2.05) is 11.9 Å². The highest BCUT2D eigenvalue weighted by atomic mass is 79.9. The summed E-state index contributed by atoms with van der Waals surface area (Å²) in [4.78, 5) is 18.0. The van der Waals surface area contributed by atoms with Crippen LogP contribution in [-0.4, -0.2) is 55.1 Å². The number of nitrogens with zero attached hydrogens (tertiary/aromatic N) is 2. The van der Waals surface area contributed by atoms with E-state index in [0.717, 1.165) is 30.7 Å². The number of thiophene rings is 1. The molecule has 22 heavy (non-hydrogen) atoms. The molecule has 2 aliphatic rings. The van der Waals surface area contributed by atoms with Gasteiger partial charge >= 0.3 is 0 Å². The Balaban J connectivity index is 1.51. The Morgan fingerprint density at radius 3 is 2.86 bits per heavy atom. The van der Waals surface area contributed by atoms with Crippen molar-refractivity contribution in [1.82, 2.24) is 9.80 Å². The summed E-state index contributed by atoms with van der Waals surface area (Å²) in [5.41, 5.74) is 0. The molecular weight excluding hydrogens is 364 g/mol. The third kappa shape index (κ3) is 4.54. The lowest BCUT2D eigenvalue weighted by molar-refractivity contribution is -0.131. The van der Waals surface area contributed by atoms with Crippen LogP contribution in [0, 0.1) is 5.92 Å². The zero-order chi connectivity index (χ0) is 15.5. The number of rotatable bonds is 7. The first-order valence-corrected chi connectivity index (χ1v) is 9.58. The third-order valence-corrected chi connectivity index (χ3v) is 6.04. The first kappa shape index (κ1) is 16.4. The lowest BCUT2D eigenvalue weighted by atomic mass is 10.1. The van der Waals surface area contributed by atoms with Crippen LogP contribution in [0.25, 0.3) is 0 Å². The summed E-state index contributed by atoms with van der Waals surface area (Å²) in [5, 5.41) is 2.06. The topological polar surface area (TPSA) is 32.8 Å². The average molecular weight is 387 g/mol. The molecule has 6 heteroatoms. The smallest absolute Gasteiger partial charge is 0.236 e. The number of carbonyl (C=O) groups is 1. The highest BCUT2D eigenvalue weighted by Crippen LogP contribution is 2.29. The predicted octanol–water partition coefficient (Wildman–Crippen LogP) is 2.97. The normalized spacial score (nSPS) is 21.5. The van der Waals surface area contributed by atoms with Crippen molar-refractivity contribution < 1.29 is 9.53 Å². The van der Waals surface area contributed by atoms with Gasteiger partial charge in [-0.25, -0.2) is 0 Å². The van der Waals surface area contributed by atoms with Crippen molar-refractivity contribution >= 4 is 33.2 Å². The SMILES string of the molecule is CN(Cc1cc(Br)cs1)C(=O)CN(CC1CCOC1)C1CC1. The third-order valence-electron chi connectivity index (χ3n) is 4.36. The van der Waals surface area contributed by atoms with Crippen molar-refractivity contribution in [2.45, 2.75) is 31.8 Å². The number of likely N-dealkylation sites (N-methyl/N-ethyl adjacent to an activating group) is 1. The summed E-state index contributed by atoms with van der Waals surface area (Å²) in [6.45, 7) is 3.99. The van der Waals surface area contributed by atoms with Gasteiger partial charge in [-0.2, -0.15) is 0 Å². The zero-order valence-corrected chi connectivity index (χ0v) is 15.4. The van der Waals surface area contributed by atoms with Crippen LogP contribution in [0.5, 0.6) is 0 Å². The fraction of sp³-hybridized carbons (Fsp3) is 0.688. The molecule has 1 aliphatic heterocycles. The Hall–Kier alpha value is -0.430. The largest absolute Gasteiger partial charge is 0.381 e. The van der Waals surface area contributed by atoms with Gasteiger partial charge in [0.2, 0.25) is 5.91 Å². The molecule has 0 bridgehead atoms. The van der Waals surface area contributed by atoms with Gasteiger partial charge in [-0.05, 0) is 47.2 Å². The molecule has 1 aromatic heterocycles. The summed E-state index contributed by atoms with van der Waals surface area (Å²) in [5.74, 6) is 0.822. The van der Waals surface area contributed by atoms with Crippen LogP contribution >= 0.6 is 27.3 Å². The Morgan fingerprint density at radius 1 is 1.45 bits per heavy atom. The summed E-state index contributed by atoms with van der Waals surface area (Å²) >= 11 is 5.15. The van der Waals surface area contributed by atoms with E-state index in [2.05, 4.69) is 32.3 Å². The average Bonchev–Trinajstić information content (AvgIpc) is 3.07. The van der Waals surface area contributed by atoms with E-state index in [1.54, 1.807) is 11.3 Å². The van der Waals surface area contributed by atoms with E-state index in [-0.39, 0.29) is 5.91 Å².